The van der Waals surface area contributed by atoms with Crippen LogP contribution in [-0.2, 0) is 11.2 Å². The third kappa shape index (κ3) is 5.36. The fraction of sp³-hybridized carbons (Fsp3) is 0.188. The number of rotatable bonds is 5. The average molecular weight is 302 g/mol. The second-order valence-corrected chi connectivity index (χ2v) is 5.14. The maximum Gasteiger partial charge on any atom is 0.244 e. The molecule has 1 unspecified atom stereocenters. The number of carbonyl (C=O) groups excluding carboxylic acids is 1. The first-order valence-corrected chi connectivity index (χ1v) is 7.00. The molecule has 0 spiro atoms. The van der Waals surface area contributed by atoms with Crippen LogP contribution >= 0.6 is 11.6 Å². The molecule has 0 radical (unpaired) electrons. The first kappa shape index (κ1) is 15.2. The number of amides is 1. The topological polar surface area (TPSA) is 54.9 Å². The Balaban J connectivity index is 1.86. The molecular formula is C16H16ClN3O. The molecule has 1 heterocycles. The second kappa shape index (κ2) is 7.55. The van der Waals surface area contributed by atoms with Crippen LogP contribution in [0.3, 0.4) is 0 Å². The van der Waals surface area contributed by atoms with Crippen LogP contribution in [0.5, 0.6) is 0 Å². The Morgan fingerprint density at radius 2 is 2.29 bits per heavy atom. The van der Waals surface area contributed by atoms with Crippen molar-refractivity contribution in [2.24, 2.45) is 0 Å². The van der Waals surface area contributed by atoms with Gasteiger partial charge in [0, 0.05) is 29.5 Å². The van der Waals surface area contributed by atoms with Crippen molar-refractivity contribution in [2.45, 2.75) is 19.4 Å². The van der Waals surface area contributed by atoms with E-state index in [9.17, 15) is 4.79 Å². The van der Waals surface area contributed by atoms with Gasteiger partial charge in [-0.1, -0.05) is 23.7 Å². The number of benzene rings is 1. The zero-order valence-electron chi connectivity index (χ0n) is 11.7. The van der Waals surface area contributed by atoms with E-state index in [-0.39, 0.29) is 11.9 Å². The summed E-state index contributed by atoms with van der Waals surface area (Å²) in [5.74, 6) is -0.157. The van der Waals surface area contributed by atoms with Crippen LogP contribution in [0.2, 0.25) is 5.02 Å². The Morgan fingerprint density at radius 1 is 1.43 bits per heavy atom. The van der Waals surface area contributed by atoms with Crippen LogP contribution in [0.15, 0.2) is 48.9 Å². The zero-order valence-corrected chi connectivity index (χ0v) is 12.4. The molecule has 0 bridgehead atoms. The summed E-state index contributed by atoms with van der Waals surface area (Å²) in [7, 11) is 0. The van der Waals surface area contributed by atoms with Crippen LogP contribution in [0, 0.1) is 0 Å². The molecule has 4 nitrogen and oxygen atoms in total. The number of halogens is 1. The third-order valence-electron chi connectivity index (χ3n) is 2.81. The van der Waals surface area contributed by atoms with Crippen molar-refractivity contribution in [1.82, 2.24) is 15.3 Å². The van der Waals surface area contributed by atoms with Crippen molar-refractivity contribution in [3.63, 3.8) is 0 Å². The summed E-state index contributed by atoms with van der Waals surface area (Å²) < 4.78 is 0. The van der Waals surface area contributed by atoms with Crippen LogP contribution < -0.4 is 5.32 Å². The van der Waals surface area contributed by atoms with E-state index >= 15 is 0 Å². The molecule has 0 aliphatic rings. The zero-order chi connectivity index (χ0) is 15.1. The maximum atomic E-state index is 11.8. The highest BCUT2D eigenvalue weighted by Crippen LogP contribution is 2.12. The van der Waals surface area contributed by atoms with Crippen molar-refractivity contribution in [1.29, 1.82) is 0 Å². The van der Waals surface area contributed by atoms with Gasteiger partial charge in [-0.15, -0.1) is 0 Å². The van der Waals surface area contributed by atoms with Crippen molar-refractivity contribution in [3.05, 3.63) is 65.2 Å². The molecule has 21 heavy (non-hydrogen) atoms. The number of carbonyl (C=O) groups is 1. The minimum Gasteiger partial charge on any atom is -0.350 e. The van der Waals surface area contributed by atoms with Crippen molar-refractivity contribution >= 4 is 23.6 Å². The molecule has 1 aromatic carbocycles. The van der Waals surface area contributed by atoms with E-state index in [0.717, 1.165) is 12.0 Å². The van der Waals surface area contributed by atoms with E-state index in [1.807, 2.05) is 31.2 Å². The molecule has 2 rings (SSSR count). The van der Waals surface area contributed by atoms with Crippen molar-refractivity contribution in [3.8, 4) is 0 Å². The molecule has 2 aromatic rings. The predicted octanol–water partition coefficient (Wildman–Crippen LogP) is 2.89. The quantitative estimate of drug-likeness (QED) is 0.864. The molecule has 1 amide bonds. The number of aromatic nitrogens is 2. The van der Waals surface area contributed by atoms with Crippen molar-refractivity contribution < 1.29 is 4.79 Å². The summed E-state index contributed by atoms with van der Waals surface area (Å²) in [4.78, 5) is 19.8. The molecule has 108 valence electrons. The highest BCUT2D eigenvalue weighted by molar-refractivity contribution is 6.30. The molecule has 5 heteroatoms. The third-order valence-corrected chi connectivity index (χ3v) is 3.04. The van der Waals surface area contributed by atoms with Crippen molar-refractivity contribution in [2.75, 3.05) is 0 Å². The first-order chi connectivity index (χ1) is 10.1. The van der Waals surface area contributed by atoms with E-state index in [2.05, 4.69) is 15.3 Å². The summed E-state index contributed by atoms with van der Waals surface area (Å²) in [5, 5.41) is 3.60. The molecular weight excluding hydrogens is 286 g/mol. The smallest absolute Gasteiger partial charge is 0.244 e. The fourth-order valence-corrected chi connectivity index (χ4v) is 2.13. The van der Waals surface area contributed by atoms with E-state index in [4.69, 9.17) is 11.6 Å². The lowest BCUT2D eigenvalue weighted by Gasteiger charge is -2.12. The van der Waals surface area contributed by atoms with Gasteiger partial charge >= 0.3 is 0 Å². The number of nitrogens with one attached hydrogen (secondary N) is 1. The second-order valence-electron chi connectivity index (χ2n) is 4.71. The lowest BCUT2D eigenvalue weighted by molar-refractivity contribution is -0.117. The molecule has 1 aromatic heterocycles. The highest BCUT2D eigenvalue weighted by atomic mass is 35.5. The van der Waals surface area contributed by atoms with Crippen LogP contribution in [-0.4, -0.2) is 21.9 Å². The van der Waals surface area contributed by atoms with Gasteiger partial charge in [0.2, 0.25) is 5.91 Å². The molecule has 0 aliphatic heterocycles. The van der Waals surface area contributed by atoms with E-state index in [0.29, 0.717) is 10.7 Å². The first-order valence-electron chi connectivity index (χ1n) is 6.62. The summed E-state index contributed by atoms with van der Waals surface area (Å²) in [6.45, 7) is 1.95. The van der Waals surface area contributed by atoms with Gasteiger partial charge in [-0.3, -0.25) is 14.8 Å². The summed E-state index contributed by atoms with van der Waals surface area (Å²) in [6, 6.07) is 7.64. The SMILES string of the molecule is CC(Cc1cccc(Cl)c1)NC(=O)C=Cc1cnccn1. The molecule has 0 saturated carbocycles. The molecule has 1 N–H and O–H groups in total. The van der Waals surface area contributed by atoms with E-state index in [1.54, 1.807) is 24.7 Å². The summed E-state index contributed by atoms with van der Waals surface area (Å²) >= 11 is 5.94. The Labute approximate surface area is 128 Å². The summed E-state index contributed by atoms with van der Waals surface area (Å²) in [5.41, 5.74) is 1.74. The largest absolute Gasteiger partial charge is 0.350 e. The average Bonchev–Trinajstić information content (AvgIpc) is 2.46. The Hall–Kier alpha value is -2.20. The van der Waals surface area contributed by atoms with Crippen LogP contribution in [0.1, 0.15) is 18.2 Å². The van der Waals surface area contributed by atoms with E-state index in [1.165, 1.54) is 6.08 Å². The van der Waals surface area contributed by atoms with E-state index < -0.39 is 0 Å². The molecule has 0 aliphatic carbocycles. The lowest BCUT2D eigenvalue weighted by Crippen LogP contribution is -2.32. The number of hydrogen-bond donors (Lipinski definition) is 1. The number of hydrogen-bond acceptors (Lipinski definition) is 3. The highest BCUT2D eigenvalue weighted by Gasteiger charge is 2.06. The van der Waals surface area contributed by atoms with Gasteiger partial charge in [0.15, 0.2) is 0 Å². The summed E-state index contributed by atoms with van der Waals surface area (Å²) in [6.07, 6.45) is 8.58. The van der Waals surface area contributed by atoms with Gasteiger partial charge in [0.05, 0.1) is 11.9 Å². The fourth-order valence-electron chi connectivity index (χ4n) is 1.92. The maximum absolute atomic E-state index is 11.8. The standard InChI is InChI=1S/C16H16ClN3O/c1-12(9-13-3-2-4-14(17)10-13)20-16(21)6-5-15-11-18-7-8-19-15/h2-8,10-12H,9H2,1H3,(H,20,21). The number of nitrogens with zero attached hydrogens (tertiary/aromatic N) is 2. The molecule has 0 fully saturated rings. The normalized spacial score (nSPS) is 12.3. The monoisotopic (exact) mass is 301 g/mol. The Kier molecular flexibility index (Phi) is 5.46. The minimum absolute atomic E-state index is 0.0162. The van der Waals surface area contributed by atoms with Gasteiger partial charge in [-0.05, 0) is 37.1 Å². The molecule has 0 saturated heterocycles. The van der Waals surface area contributed by atoms with Gasteiger partial charge < -0.3 is 5.32 Å². The van der Waals surface area contributed by atoms with Crippen LogP contribution in [0.25, 0.3) is 6.08 Å². The molecule has 1 atom stereocenters. The van der Waals surface area contributed by atoms with Gasteiger partial charge in [-0.2, -0.15) is 0 Å². The lowest BCUT2D eigenvalue weighted by atomic mass is 10.1. The Morgan fingerprint density at radius 3 is 3.00 bits per heavy atom. The van der Waals surface area contributed by atoms with Gasteiger partial charge in [-0.25, -0.2) is 0 Å². The van der Waals surface area contributed by atoms with Gasteiger partial charge in [0.25, 0.3) is 0 Å². The predicted molar refractivity (Wildman–Crippen MR) is 83.8 cm³/mol. The van der Waals surface area contributed by atoms with Crippen LogP contribution in [0.4, 0.5) is 0 Å². The minimum atomic E-state index is -0.157. The van der Waals surface area contributed by atoms with Gasteiger partial charge in [0.1, 0.15) is 0 Å². The Bertz CT molecular complexity index is 628.